The lowest BCUT2D eigenvalue weighted by molar-refractivity contribution is -0.0498. The molecule has 1 amide bonds. The van der Waals surface area contributed by atoms with E-state index in [9.17, 15) is 18.4 Å². The number of nitrogens with one attached hydrogen (secondary N) is 1. The standard InChI is InChI=1S/C19H15F2NO4/c1-11(12-6-8-13(9-7-12)25-19(20)21)22-18(24)17-10-15(23)14-4-2-3-5-16(14)26-17/h2-11,19H,1H3,(H,22,24). The maximum Gasteiger partial charge on any atom is 0.387 e. The Morgan fingerprint density at radius 2 is 1.81 bits per heavy atom. The highest BCUT2D eigenvalue weighted by Crippen LogP contribution is 2.20. The average molecular weight is 359 g/mol. The van der Waals surface area contributed by atoms with Crippen molar-refractivity contribution in [3.8, 4) is 5.75 Å². The number of benzene rings is 2. The zero-order valence-corrected chi connectivity index (χ0v) is 13.7. The summed E-state index contributed by atoms with van der Waals surface area (Å²) in [5.74, 6) is -0.616. The Balaban J connectivity index is 1.76. The Morgan fingerprint density at radius 1 is 1.12 bits per heavy atom. The van der Waals surface area contributed by atoms with E-state index in [1.165, 1.54) is 12.1 Å². The average Bonchev–Trinajstić information content (AvgIpc) is 2.61. The Kier molecular flexibility index (Phi) is 4.97. The number of ether oxygens (including phenoxy) is 1. The number of carbonyl (C=O) groups is 1. The van der Waals surface area contributed by atoms with Crippen LogP contribution in [0, 0.1) is 0 Å². The van der Waals surface area contributed by atoms with Crippen molar-refractivity contribution in [3.05, 3.63) is 76.1 Å². The van der Waals surface area contributed by atoms with Gasteiger partial charge in [-0.15, -0.1) is 0 Å². The van der Waals surface area contributed by atoms with Crippen LogP contribution in [0.4, 0.5) is 8.78 Å². The number of amides is 1. The first-order valence-corrected chi connectivity index (χ1v) is 7.82. The fourth-order valence-electron chi connectivity index (χ4n) is 2.50. The molecule has 3 aromatic rings. The number of para-hydroxylation sites is 1. The van der Waals surface area contributed by atoms with E-state index in [0.29, 0.717) is 16.5 Å². The molecule has 1 N–H and O–H groups in total. The van der Waals surface area contributed by atoms with Crippen LogP contribution < -0.4 is 15.5 Å². The van der Waals surface area contributed by atoms with Gasteiger partial charge in [0.05, 0.1) is 11.4 Å². The van der Waals surface area contributed by atoms with E-state index in [0.717, 1.165) is 6.07 Å². The fourth-order valence-corrected chi connectivity index (χ4v) is 2.50. The number of alkyl halides is 2. The summed E-state index contributed by atoms with van der Waals surface area (Å²) in [6.07, 6.45) is 0. The Bertz CT molecular complexity index is 983. The highest BCUT2D eigenvalue weighted by atomic mass is 19.3. The molecule has 1 aromatic heterocycles. The second-order valence-electron chi connectivity index (χ2n) is 5.61. The number of hydrogen-bond acceptors (Lipinski definition) is 4. The van der Waals surface area contributed by atoms with Crippen molar-refractivity contribution in [1.29, 1.82) is 0 Å². The van der Waals surface area contributed by atoms with Crippen molar-refractivity contribution in [1.82, 2.24) is 5.32 Å². The number of rotatable bonds is 5. The van der Waals surface area contributed by atoms with Crippen LogP contribution in [0.3, 0.4) is 0 Å². The van der Waals surface area contributed by atoms with Crippen LogP contribution >= 0.6 is 0 Å². The first-order chi connectivity index (χ1) is 12.4. The molecule has 3 rings (SSSR count). The molecule has 0 saturated carbocycles. The molecule has 7 heteroatoms. The molecular formula is C19H15F2NO4. The number of carbonyl (C=O) groups excluding carboxylic acids is 1. The summed E-state index contributed by atoms with van der Waals surface area (Å²) < 4.78 is 34.1. The summed E-state index contributed by atoms with van der Waals surface area (Å²) in [6, 6.07) is 13.3. The van der Waals surface area contributed by atoms with Crippen LogP contribution in [0.15, 0.2) is 63.8 Å². The zero-order chi connectivity index (χ0) is 18.7. The van der Waals surface area contributed by atoms with Crippen molar-refractivity contribution in [3.63, 3.8) is 0 Å². The molecular weight excluding hydrogens is 344 g/mol. The van der Waals surface area contributed by atoms with Crippen LogP contribution in [-0.2, 0) is 0 Å². The van der Waals surface area contributed by atoms with Crippen molar-refractivity contribution < 1.29 is 22.7 Å². The summed E-state index contributed by atoms with van der Waals surface area (Å²) in [7, 11) is 0. The second-order valence-corrected chi connectivity index (χ2v) is 5.61. The largest absolute Gasteiger partial charge is 0.451 e. The zero-order valence-electron chi connectivity index (χ0n) is 13.7. The van der Waals surface area contributed by atoms with Gasteiger partial charge in [0.1, 0.15) is 11.3 Å². The Morgan fingerprint density at radius 3 is 2.50 bits per heavy atom. The van der Waals surface area contributed by atoms with Gasteiger partial charge >= 0.3 is 6.61 Å². The third kappa shape index (κ3) is 3.88. The van der Waals surface area contributed by atoms with Crippen molar-refractivity contribution >= 4 is 16.9 Å². The molecule has 134 valence electrons. The van der Waals surface area contributed by atoms with Gasteiger partial charge in [-0.1, -0.05) is 24.3 Å². The maximum atomic E-state index is 12.4. The SMILES string of the molecule is CC(NC(=O)c1cc(=O)c2ccccc2o1)c1ccc(OC(F)F)cc1. The van der Waals surface area contributed by atoms with Crippen molar-refractivity contribution in [2.75, 3.05) is 0 Å². The highest BCUT2D eigenvalue weighted by Gasteiger charge is 2.16. The smallest absolute Gasteiger partial charge is 0.387 e. The summed E-state index contributed by atoms with van der Waals surface area (Å²) in [6.45, 7) is -1.17. The van der Waals surface area contributed by atoms with Gasteiger partial charge in [0, 0.05) is 6.07 Å². The van der Waals surface area contributed by atoms with Gasteiger partial charge in [-0.05, 0) is 36.8 Å². The number of fused-ring (bicyclic) bond motifs is 1. The third-order valence-corrected chi connectivity index (χ3v) is 3.81. The van der Waals surface area contributed by atoms with Gasteiger partial charge in [0.15, 0.2) is 11.2 Å². The van der Waals surface area contributed by atoms with Gasteiger partial charge in [0.2, 0.25) is 0 Å². The quantitative estimate of drug-likeness (QED) is 0.751. The predicted molar refractivity (Wildman–Crippen MR) is 91.4 cm³/mol. The molecule has 0 saturated heterocycles. The van der Waals surface area contributed by atoms with Gasteiger partial charge in [-0.2, -0.15) is 8.78 Å². The second kappa shape index (κ2) is 7.35. The minimum atomic E-state index is -2.89. The molecule has 0 aliphatic heterocycles. The first kappa shape index (κ1) is 17.6. The summed E-state index contributed by atoms with van der Waals surface area (Å²) in [4.78, 5) is 24.4. The van der Waals surface area contributed by atoms with E-state index in [-0.39, 0.29) is 16.9 Å². The molecule has 0 bridgehead atoms. The molecule has 0 spiro atoms. The van der Waals surface area contributed by atoms with Crippen LogP contribution in [0.5, 0.6) is 5.75 Å². The molecule has 2 aromatic carbocycles. The normalized spacial score (nSPS) is 12.2. The maximum absolute atomic E-state index is 12.4. The van der Waals surface area contributed by atoms with E-state index < -0.39 is 18.6 Å². The van der Waals surface area contributed by atoms with Crippen LogP contribution in [0.1, 0.15) is 29.1 Å². The molecule has 1 unspecified atom stereocenters. The topological polar surface area (TPSA) is 68.5 Å². The summed E-state index contributed by atoms with van der Waals surface area (Å²) >= 11 is 0. The number of hydrogen-bond donors (Lipinski definition) is 1. The molecule has 26 heavy (non-hydrogen) atoms. The van der Waals surface area contributed by atoms with E-state index in [4.69, 9.17) is 4.42 Å². The van der Waals surface area contributed by atoms with Crippen molar-refractivity contribution in [2.45, 2.75) is 19.6 Å². The van der Waals surface area contributed by atoms with E-state index in [1.807, 2.05) is 0 Å². The van der Waals surface area contributed by atoms with E-state index in [2.05, 4.69) is 10.1 Å². The van der Waals surface area contributed by atoms with Gasteiger partial charge in [-0.25, -0.2) is 0 Å². The third-order valence-electron chi connectivity index (χ3n) is 3.81. The fraction of sp³-hybridized carbons (Fsp3) is 0.158. The number of halogens is 2. The lowest BCUT2D eigenvalue weighted by Gasteiger charge is -2.14. The molecule has 0 fully saturated rings. The highest BCUT2D eigenvalue weighted by molar-refractivity contribution is 5.93. The monoisotopic (exact) mass is 359 g/mol. The van der Waals surface area contributed by atoms with Crippen LogP contribution in [0.25, 0.3) is 11.0 Å². The molecule has 1 atom stereocenters. The molecule has 0 aliphatic rings. The molecule has 5 nitrogen and oxygen atoms in total. The summed E-state index contributed by atoms with van der Waals surface area (Å²) in [5.41, 5.74) is 0.701. The van der Waals surface area contributed by atoms with Gasteiger partial charge in [-0.3, -0.25) is 9.59 Å². The Labute approximate surface area is 147 Å². The van der Waals surface area contributed by atoms with Crippen LogP contribution in [-0.4, -0.2) is 12.5 Å². The summed E-state index contributed by atoms with van der Waals surface area (Å²) in [5, 5.41) is 3.10. The van der Waals surface area contributed by atoms with Crippen LogP contribution in [0.2, 0.25) is 0 Å². The van der Waals surface area contributed by atoms with E-state index in [1.54, 1.807) is 43.3 Å². The predicted octanol–water partition coefficient (Wildman–Crippen LogP) is 3.89. The lowest BCUT2D eigenvalue weighted by atomic mass is 10.1. The minimum Gasteiger partial charge on any atom is -0.451 e. The molecule has 0 aliphatic carbocycles. The van der Waals surface area contributed by atoms with Gasteiger partial charge < -0.3 is 14.5 Å². The molecule has 1 heterocycles. The Hall–Kier alpha value is -3.22. The van der Waals surface area contributed by atoms with Crippen molar-refractivity contribution in [2.24, 2.45) is 0 Å². The lowest BCUT2D eigenvalue weighted by Crippen LogP contribution is -2.27. The molecule has 0 radical (unpaired) electrons. The minimum absolute atomic E-state index is 0.0304. The van der Waals surface area contributed by atoms with Gasteiger partial charge in [0.25, 0.3) is 5.91 Å². The first-order valence-electron chi connectivity index (χ1n) is 7.82. The van der Waals surface area contributed by atoms with E-state index >= 15 is 0 Å².